The van der Waals surface area contributed by atoms with Crippen molar-refractivity contribution in [2.24, 2.45) is 5.92 Å². The Morgan fingerprint density at radius 2 is 1.39 bits per heavy atom. The Hall–Kier alpha value is -3.71. The van der Waals surface area contributed by atoms with Crippen molar-refractivity contribution in [1.82, 2.24) is 5.32 Å². The van der Waals surface area contributed by atoms with Crippen LogP contribution >= 0.6 is 0 Å². The van der Waals surface area contributed by atoms with E-state index >= 15 is 0 Å². The highest BCUT2D eigenvalue weighted by molar-refractivity contribution is 5.93. The van der Waals surface area contributed by atoms with E-state index in [0.29, 0.717) is 19.4 Å². The van der Waals surface area contributed by atoms with E-state index in [-0.39, 0.29) is 23.1 Å². The van der Waals surface area contributed by atoms with E-state index in [1.165, 1.54) is 12.1 Å². The first kappa shape index (κ1) is 38.3. The first-order valence-electron chi connectivity index (χ1n) is 16.0. The Labute approximate surface area is 264 Å². The normalized spacial score (nSPS) is 13.6. The van der Waals surface area contributed by atoms with Gasteiger partial charge in [0.1, 0.15) is 23.5 Å². The van der Waals surface area contributed by atoms with E-state index < -0.39 is 24.1 Å². The molecular weight excluding hydrogens is 554 g/mol. The van der Waals surface area contributed by atoms with Crippen molar-refractivity contribution in [3.8, 4) is 5.75 Å². The molecule has 0 spiro atoms. The number of carboxylic acid groups (broad SMARTS) is 1. The maximum Gasteiger partial charge on any atom is 0.339 e. The molecule has 2 atom stereocenters. The summed E-state index contributed by atoms with van der Waals surface area (Å²) in [6, 6.07) is 5.02. The number of para-hydroxylation sites is 1. The van der Waals surface area contributed by atoms with E-state index in [1.807, 2.05) is 20.8 Å². The fraction of sp³-hybridized carbons (Fsp3) is 0.486. The third-order valence-corrected chi connectivity index (χ3v) is 6.54. The molecule has 1 amide bonds. The van der Waals surface area contributed by atoms with Crippen molar-refractivity contribution < 1.29 is 29.0 Å². The summed E-state index contributed by atoms with van der Waals surface area (Å²) < 4.78 is 11.2. The first-order chi connectivity index (χ1) is 21.3. The lowest BCUT2D eigenvalue weighted by Crippen LogP contribution is -2.48. The quantitative estimate of drug-likeness (QED) is 0.0559. The Bertz CT molecular complexity index is 1110. The molecule has 0 saturated heterocycles. The third-order valence-electron chi connectivity index (χ3n) is 6.54. The molecule has 0 radical (unpaired) electrons. The van der Waals surface area contributed by atoms with E-state index in [0.717, 1.165) is 51.4 Å². The van der Waals surface area contributed by atoms with Gasteiger partial charge in [0.15, 0.2) is 0 Å². The van der Waals surface area contributed by atoms with Gasteiger partial charge >= 0.3 is 11.9 Å². The average Bonchev–Trinajstić information content (AvgIpc) is 2.99. The van der Waals surface area contributed by atoms with Crippen LogP contribution in [0.5, 0.6) is 5.75 Å². The van der Waals surface area contributed by atoms with Crippen LogP contribution < -0.4 is 10.1 Å². The first-order valence-corrected chi connectivity index (χ1v) is 16.0. The minimum Gasteiger partial charge on any atom is -0.478 e. The van der Waals surface area contributed by atoms with Gasteiger partial charge in [0.2, 0.25) is 5.91 Å². The van der Waals surface area contributed by atoms with Crippen LogP contribution in [0.4, 0.5) is 0 Å². The summed E-state index contributed by atoms with van der Waals surface area (Å²) in [5.41, 5.74) is -0.116. The van der Waals surface area contributed by atoms with Crippen molar-refractivity contribution in [3.63, 3.8) is 0 Å². The Morgan fingerprint density at radius 3 is 1.93 bits per heavy atom. The van der Waals surface area contributed by atoms with E-state index in [4.69, 9.17) is 9.47 Å². The van der Waals surface area contributed by atoms with Gasteiger partial charge in [-0.2, -0.15) is 0 Å². The van der Waals surface area contributed by atoms with Gasteiger partial charge in [-0.3, -0.25) is 4.79 Å². The molecule has 1 aromatic carbocycles. The SMILES string of the molecule is CC/C=C\C/C=C\C/C=C\C/C=C\C/C=C\CCCCO[C@H](CC)C(=O)NC(CC(C)C)C(=O)Oc1ccccc1C(=O)O. The number of ether oxygens (including phenoxy) is 2. The van der Waals surface area contributed by atoms with Crippen LogP contribution in [0.2, 0.25) is 0 Å². The molecule has 0 aliphatic carbocycles. The molecule has 2 N–H and O–H groups in total. The number of amides is 1. The number of carbonyl (C=O) groups excluding carboxylic acids is 2. The number of benzene rings is 1. The number of esters is 1. The summed E-state index contributed by atoms with van der Waals surface area (Å²) in [5.74, 6) is -2.23. The van der Waals surface area contributed by atoms with Gasteiger partial charge in [0, 0.05) is 6.61 Å². The lowest BCUT2D eigenvalue weighted by atomic mass is 10.0. The molecule has 0 fully saturated rings. The zero-order valence-electron chi connectivity index (χ0n) is 27.1. The lowest BCUT2D eigenvalue weighted by Gasteiger charge is -2.23. The van der Waals surface area contributed by atoms with Gasteiger partial charge < -0.3 is 19.9 Å². The fourth-order valence-corrected chi connectivity index (χ4v) is 4.20. The molecule has 0 aliphatic heterocycles. The van der Waals surface area contributed by atoms with Gasteiger partial charge in [-0.25, -0.2) is 9.59 Å². The monoisotopic (exact) mass is 607 g/mol. The Balaban J connectivity index is 2.35. The zero-order valence-corrected chi connectivity index (χ0v) is 27.1. The second-order valence-electron chi connectivity index (χ2n) is 10.9. The molecule has 242 valence electrons. The van der Waals surface area contributed by atoms with Gasteiger partial charge in [0.25, 0.3) is 0 Å². The minimum absolute atomic E-state index is 0.0520. The zero-order chi connectivity index (χ0) is 32.4. The van der Waals surface area contributed by atoms with E-state index in [2.05, 4.69) is 73.0 Å². The van der Waals surface area contributed by atoms with Crippen molar-refractivity contribution in [3.05, 3.63) is 90.6 Å². The third kappa shape index (κ3) is 18.1. The molecule has 44 heavy (non-hydrogen) atoms. The maximum atomic E-state index is 13.0. The molecule has 7 nitrogen and oxygen atoms in total. The van der Waals surface area contributed by atoms with Crippen LogP contribution in [0.15, 0.2) is 85.0 Å². The van der Waals surface area contributed by atoms with Crippen LogP contribution in [0.3, 0.4) is 0 Å². The predicted octanol–water partition coefficient (Wildman–Crippen LogP) is 8.54. The summed E-state index contributed by atoms with van der Waals surface area (Å²) in [5, 5.41) is 12.1. The van der Waals surface area contributed by atoms with Gasteiger partial charge in [-0.1, -0.05) is 101 Å². The Morgan fingerprint density at radius 1 is 0.818 bits per heavy atom. The number of hydrogen-bond donors (Lipinski definition) is 2. The molecule has 0 heterocycles. The van der Waals surface area contributed by atoms with Crippen molar-refractivity contribution in [1.29, 1.82) is 0 Å². The number of rotatable bonds is 23. The standard InChI is InChI=1S/C37H53NO6/c1-5-7-8-9-10-11-12-13-14-15-16-17-18-19-20-21-22-25-28-43-33(6-2)35(39)38-32(29-30(3)4)37(42)44-34-27-24-23-26-31(34)36(40)41/h7-8,10-11,13-14,16-17,19-20,23-24,26-27,30,32-33H,5-6,9,12,15,18,21-22,25,28-29H2,1-4H3,(H,38,39)(H,40,41)/b8-7-,11-10-,14-13-,17-16-,20-19-/t32?,33-/m1/s1. The maximum absolute atomic E-state index is 13.0. The van der Waals surface area contributed by atoms with Crippen LogP contribution in [-0.4, -0.2) is 41.7 Å². The summed E-state index contributed by atoms with van der Waals surface area (Å²) in [6.07, 6.45) is 29.6. The number of hydrogen-bond acceptors (Lipinski definition) is 5. The molecule has 1 unspecified atom stereocenters. The fourth-order valence-electron chi connectivity index (χ4n) is 4.20. The van der Waals surface area contributed by atoms with Crippen molar-refractivity contribution in [2.75, 3.05) is 6.61 Å². The number of allylic oxidation sites excluding steroid dienone is 10. The highest BCUT2D eigenvalue weighted by atomic mass is 16.5. The van der Waals surface area contributed by atoms with Crippen molar-refractivity contribution in [2.45, 2.75) is 104 Å². The summed E-state index contributed by atoms with van der Waals surface area (Å²) in [4.78, 5) is 37.4. The number of nitrogens with one attached hydrogen (secondary N) is 1. The Kier molecular flexibility index (Phi) is 21.5. The number of aromatic carboxylic acids is 1. The molecule has 0 bridgehead atoms. The summed E-state index contributed by atoms with van der Waals surface area (Å²) in [7, 11) is 0. The van der Waals surface area contributed by atoms with Gasteiger partial charge in [-0.05, 0) is 82.3 Å². The molecule has 0 aromatic heterocycles. The lowest BCUT2D eigenvalue weighted by molar-refractivity contribution is -0.143. The smallest absolute Gasteiger partial charge is 0.339 e. The van der Waals surface area contributed by atoms with Crippen LogP contribution in [-0.2, 0) is 14.3 Å². The molecule has 1 rings (SSSR count). The van der Waals surface area contributed by atoms with Gasteiger partial charge in [0.05, 0.1) is 0 Å². The van der Waals surface area contributed by atoms with E-state index in [9.17, 15) is 19.5 Å². The predicted molar refractivity (Wildman–Crippen MR) is 179 cm³/mol. The molecule has 0 aliphatic rings. The second kappa shape index (κ2) is 24.7. The second-order valence-corrected chi connectivity index (χ2v) is 10.9. The summed E-state index contributed by atoms with van der Waals surface area (Å²) in [6.45, 7) is 8.32. The van der Waals surface area contributed by atoms with Crippen molar-refractivity contribution >= 4 is 17.8 Å². The largest absolute Gasteiger partial charge is 0.478 e. The molecular formula is C37H53NO6. The minimum atomic E-state index is -1.20. The topological polar surface area (TPSA) is 102 Å². The highest BCUT2D eigenvalue weighted by Gasteiger charge is 2.28. The number of unbranched alkanes of at least 4 members (excludes halogenated alkanes) is 2. The van der Waals surface area contributed by atoms with E-state index in [1.54, 1.807) is 12.1 Å². The molecule has 7 heteroatoms. The van der Waals surface area contributed by atoms with Crippen LogP contribution in [0, 0.1) is 5.92 Å². The molecule has 1 aromatic rings. The number of carbonyl (C=O) groups is 3. The summed E-state index contributed by atoms with van der Waals surface area (Å²) >= 11 is 0. The van der Waals surface area contributed by atoms with Crippen LogP contribution in [0.25, 0.3) is 0 Å². The highest BCUT2D eigenvalue weighted by Crippen LogP contribution is 2.19. The van der Waals surface area contributed by atoms with Gasteiger partial charge in [-0.15, -0.1) is 0 Å². The number of carboxylic acids is 1. The average molecular weight is 608 g/mol. The molecule has 0 saturated carbocycles. The van der Waals surface area contributed by atoms with Crippen LogP contribution in [0.1, 0.15) is 102 Å².